The van der Waals surface area contributed by atoms with Crippen molar-refractivity contribution < 1.29 is 8.42 Å². The summed E-state index contributed by atoms with van der Waals surface area (Å²) in [4.78, 5) is 4.39. The molecule has 10 heteroatoms. The second-order valence-electron chi connectivity index (χ2n) is 5.76. The van der Waals surface area contributed by atoms with Crippen LogP contribution in [0.2, 0.25) is 0 Å². The molecule has 0 saturated carbocycles. The molecule has 150 valence electrons. The Morgan fingerprint density at radius 1 is 1.15 bits per heavy atom. The summed E-state index contributed by atoms with van der Waals surface area (Å²) in [6.07, 6.45) is 4.58. The number of guanidine groups is 1. The first-order chi connectivity index (χ1) is 12.5. The monoisotopic (exact) mass is 506 g/mol. The number of nitrogens with one attached hydrogen (secondary N) is 3. The highest BCUT2D eigenvalue weighted by molar-refractivity contribution is 14.0. The number of halogens is 1. The Hall–Kier alpha value is -1.66. The summed E-state index contributed by atoms with van der Waals surface area (Å²) in [5.74, 6) is 0.639. The Kier molecular flexibility index (Phi) is 10.3. The molecule has 1 aromatic carbocycles. The lowest BCUT2D eigenvalue weighted by atomic mass is 10.2. The molecular formula is C17H27IN6O2S. The summed E-state index contributed by atoms with van der Waals surface area (Å²) in [6, 6.07) is 8.66. The van der Waals surface area contributed by atoms with Gasteiger partial charge < -0.3 is 10.6 Å². The van der Waals surface area contributed by atoms with Gasteiger partial charge in [0.2, 0.25) is 10.0 Å². The number of sulfonamides is 1. The Bertz CT molecular complexity index is 791. The number of aliphatic imine (C=N–C) groups is 1. The van der Waals surface area contributed by atoms with E-state index in [1.54, 1.807) is 37.5 Å². The lowest BCUT2D eigenvalue weighted by molar-refractivity contribution is 0.569. The molecule has 0 aliphatic rings. The standard InChI is InChI=1S/C17H26N6O2S.HI/c1-15-5-7-16(8-6-15)26(24,25)22-12-11-20-17(18-2)19-9-3-13-23-14-4-10-21-23;/h4-8,10,14,22H,3,9,11-13H2,1-2H3,(H2,18,19,20);1H. The van der Waals surface area contributed by atoms with E-state index in [9.17, 15) is 8.42 Å². The number of aromatic nitrogens is 2. The largest absolute Gasteiger partial charge is 0.356 e. The minimum Gasteiger partial charge on any atom is -0.356 e. The third kappa shape index (κ3) is 8.26. The second kappa shape index (κ2) is 11.9. The van der Waals surface area contributed by atoms with Crippen molar-refractivity contribution in [2.24, 2.45) is 4.99 Å². The number of hydrogen-bond donors (Lipinski definition) is 3. The summed E-state index contributed by atoms with van der Waals surface area (Å²) in [5.41, 5.74) is 1.02. The van der Waals surface area contributed by atoms with E-state index in [2.05, 4.69) is 25.4 Å². The Morgan fingerprint density at radius 2 is 1.85 bits per heavy atom. The molecule has 0 unspecified atom stereocenters. The molecule has 0 aliphatic heterocycles. The average molecular weight is 506 g/mol. The maximum Gasteiger partial charge on any atom is 0.240 e. The molecule has 0 bridgehead atoms. The smallest absolute Gasteiger partial charge is 0.240 e. The van der Waals surface area contributed by atoms with Gasteiger partial charge in [-0.05, 0) is 31.5 Å². The van der Waals surface area contributed by atoms with Crippen molar-refractivity contribution in [2.75, 3.05) is 26.7 Å². The van der Waals surface area contributed by atoms with Crippen LogP contribution in [0.4, 0.5) is 0 Å². The lowest BCUT2D eigenvalue weighted by Gasteiger charge is -2.12. The second-order valence-corrected chi connectivity index (χ2v) is 7.53. The fourth-order valence-corrected chi connectivity index (χ4v) is 3.30. The normalized spacial score (nSPS) is 11.7. The summed E-state index contributed by atoms with van der Waals surface area (Å²) in [7, 11) is -1.81. The topological polar surface area (TPSA) is 100 Å². The molecule has 0 saturated heterocycles. The van der Waals surface area contributed by atoms with Gasteiger partial charge in [0.05, 0.1) is 4.90 Å². The maximum absolute atomic E-state index is 12.2. The van der Waals surface area contributed by atoms with Gasteiger partial charge in [0, 0.05) is 45.6 Å². The molecule has 0 spiro atoms. The first-order valence-electron chi connectivity index (χ1n) is 8.49. The third-order valence-electron chi connectivity index (χ3n) is 3.68. The number of nitrogens with zero attached hydrogens (tertiary/aromatic N) is 3. The van der Waals surface area contributed by atoms with Crippen LogP contribution in [0.3, 0.4) is 0 Å². The van der Waals surface area contributed by atoms with E-state index in [0.29, 0.717) is 12.5 Å². The number of rotatable bonds is 9. The summed E-state index contributed by atoms with van der Waals surface area (Å²) < 4.78 is 28.8. The van der Waals surface area contributed by atoms with Crippen molar-refractivity contribution in [3.8, 4) is 0 Å². The van der Waals surface area contributed by atoms with Crippen LogP contribution in [0.25, 0.3) is 0 Å². The zero-order valence-electron chi connectivity index (χ0n) is 15.6. The van der Waals surface area contributed by atoms with Crippen LogP contribution in [0, 0.1) is 6.92 Å². The van der Waals surface area contributed by atoms with Crippen LogP contribution in [-0.2, 0) is 16.6 Å². The SMILES string of the molecule is CN=C(NCCCn1cccn1)NCCNS(=O)(=O)c1ccc(C)cc1.I. The fourth-order valence-electron chi connectivity index (χ4n) is 2.27. The quantitative estimate of drug-likeness (QED) is 0.206. The molecule has 1 heterocycles. The van der Waals surface area contributed by atoms with Gasteiger partial charge in [0.1, 0.15) is 0 Å². The Balaban J connectivity index is 0.00000364. The van der Waals surface area contributed by atoms with E-state index in [4.69, 9.17) is 0 Å². The molecule has 2 aromatic rings. The van der Waals surface area contributed by atoms with E-state index in [1.807, 2.05) is 23.9 Å². The van der Waals surface area contributed by atoms with Crippen molar-refractivity contribution in [3.63, 3.8) is 0 Å². The van der Waals surface area contributed by atoms with Gasteiger partial charge in [-0.15, -0.1) is 24.0 Å². The summed E-state index contributed by atoms with van der Waals surface area (Å²) in [5, 5.41) is 10.4. The van der Waals surface area contributed by atoms with E-state index in [0.717, 1.165) is 25.1 Å². The van der Waals surface area contributed by atoms with E-state index < -0.39 is 10.0 Å². The van der Waals surface area contributed by atoms with Crippen molar-refractivity contribution in [3.05, 3.63) is 48.3 Å². The molecule has 8 nitrogen and oxygen atoms in total. The highest BCUT2D eigenvalue weighted by atomic mass is 127. The van der Waals surface area contributed by atoms with Crippen LogP contribution in [0.5, 0.6) is 0 Å². The van der Waals surface area contributed by atoms with Gasteiger partial charge in [-0.1, -0.05) is 17.7 Å². The first kappa shape index (κ1) is 23.4. The van der Waals surface area contributed by atoms with Crippen molar-refractivity contribution >= 4 is 40.0 Å². The van der Waals surface area contributed by atoms with Gasteiger partial charge in [-0.3, -0.25) is 9.67 Å². The van der Waals surface area contributed by atoms with Crippen LogP contribution in [0.15, 0.2) is 52.6 Å². The van der Waals surface area contributed by atoms with Crippen molar-refractivity contribution in [1.29, 1.82) is 0 Å². The molecule has 0 atom stereocenters. The van der Waals surface area contributed by atoms with E-state index >= 15 is 0 Å². The third-order valence-corrected chi connectivity index (χ3v) is 5.16. The fraction of sp³-hybridized carbons (Fsp3) is 0.412. The predicted octanol–water partition coefficient (Wildman–Crippen LogP) is 1.34. The van der Waals surface area contributed by atoms with Crippen LogP contribution in [-0.4, -0.2) is 50.8 Å². The summed E-state index contributed by atoms with van der Waals surface area (Å²) in [6.45, 7) is 4.19. The molecule has 1 aromatic heterocycles. The molecule has 0 aliphatic carbocycles. The lowest BCUT2D eigenvalue weighted by Crippen LogP contribution is -2.41. The number of aryl methyl sites for hydroxylation is 2. The maximum atomic E-state index is 12.2. The first-order valence-corrected chi connectivity index (χ1v) is 9.98. The minimum absolute atomic E-state index is 0. The molecule has 0 radical (unpaired) electrons. The Morgan fingerprint density at radius 3 is 2.48 bits per heavy atom. The molecular weight excluding hydrogens is 479 g/mol. The van der Waals surface area contributed by atoms with Crippen LogP contribution in [0.1, 0.15) is 12.0 Å². The van der Waals surface area contributed by atoms with E-state index in [-0.39, 0.29) is 35.4 Å². The predicted molar refractivity (Wildman–Crippen MR) is 118 cm³/mol. The zero-order chi connectivity index (χ0) is 18.8. The minimum atomic E-state index is -3.49. The summed E-state index contributed by atoms with van der Waals surface area (Å²) >= 11 is 0. The van der Waals surface area contributed by atoms with Crippen molar-refractivity contribution in [2.45, 2.75) is 24.8 Å². The molecule has 27 heavy (non-hydrogen) atoms. The van der Waals surface area contributed by atoms with Gasteiger partial charge in [-0.25, -0.2) is 13.1 Å². The highest BCUT2D eigenvalue weighted by Gasteiger charge is 2.12. The Labute approximate surface area is 177 Å². The zero-order valence-corrected chi connectivity index (χ0v) is 18.7. The van der Waals surface area contributed by atoms with Crippen molar-refractivity contribution in [1.82, 2.24) is 25.1 Å². The molecule has 0 fully saturated rings. The molecule has 0 amide bonds. The van der Waals surface area contributed by atoms with Gasteiger partial charge in [0.15, 0.2) is 5.96 Å². The molecule has 3 N–H and O–H groups in total. The van der Waals surface area contributed by atoms with Crippen LogP contribution < -0.4 is 15.4 Å². The van der Waals surface area contributed by atoms with Gasteiger partial charge in [-0.2, -0.15) is 5.10 Å². The van der Waals surface area contributed by atoms with Gasteiger partial charge >= 0.3 is 0 Å². The number of hydrogen-bond acceptors (Lipinski definition) is 4. The van der Waals surface area contributed by atoms with Crippen LogP contribution >= 0.6 is 24.0 Å². The van der Waals surface area contributed by atoms with Gasteiger partial charge in [0.25, 0.3) is 0 Å². The molecule has 2 rings (SSSR count). The highest BCUT2D eigenvalue weighted by Crippen LogP contribution is 2.09. The average Bonchev–Trinajstić information content (AvgIpc) is 3.14. The van der Waals surface area contributed by atoms with E-state index in [1.165, 1.54) is 0 Å². The number of benzene rings is 1.